The number of hydrogen-bond donors (Lipinski definition) is 2. The van der Waals surface area contributed by atoms with Crippen molar-refractivity contribution in [3.8, 4) is 0 Å². The summed E-state index contributed by atoms with van der Waals surface area (Å²) in [6.45, 7) is 6.03. The molecule has 2 aliphatic rings. The maximum atomic E-state index is 14.5. The Morgan fingerprint density at radius 3 is 2.95 bits per heavy atom. The number of halogens is 1. The normalized spacial score (nSPS) is 20.3. The topological polar surface area (TPSA) is 53.6 Å². The molecule has 22 heavy (non-hydrogen) atoms. The molecule has 0 radical (unpaired) electrons. The van der Waals surface area contributed by atoms with Gasteiger partial charge in [-0.15, -0.1) is 0 Å². The van der Waals surface area contributed by atoms with Gasteiger partial charge in [-0.25, -0.2) is 4.39 Å². The van der Waals surface area contributed by atoms with Crippen molar-refractivity contribution in [3.63, 3.8) is 0 Å². The molecular formula is C16H22FN3O2. The molecule has 1 aromatic carbocycles. The van der Waals surface area contributed by atoms with Crippen LogP contribution in [0.25, 0.3) is 0 Å². The number of fused-ring (bicyclic) bond motifs is 1. The molecule has 0 bridgehead atoms. The van der Waals surface area contributed by atoms with Crippen LogP contribution < -0.4 is 10.6 Å². The van der Waals surface area contributed by atoms with E-state index in [9.17, 15) is 9.18 Å². The quantitative estimate of drug-likeness (QED) is 0.879. The number of ether oxygens (including phenoxy) is 1. The van der Waals surface area contributed by atoms with E-state index in [-0.39, 0.29) is 23.5 Å². The lowest BCUT2D eigenvalue weighted by atomic mass is 9.99. The van der Waals surface area contributed by atoms with Gasteiger partial charge in [0.15, 0.2) is 0 Å². The molecule has 6 heteroatoms. The summed E-state index contributed by atoms with van der Waals surface area (Å²) < 4.78 is 19.8. The minimum atomic E-state index is -0.291. The lowest BCUT2D eigenvalue weighted by molar-refractivity contribution is -0.122. The number of morpholine rings is 1. The van der Waals surface area contributed by atoms with Crippen molar-refractivity contribution in [3.05, 3.63) is 29.1 Å². The van der Waals surface area contributed by atoms with E-state index in [0.717, 1.165) is 30.8 Å². The van der Waals surface area contributed by atoms with E-state index in [1.807, 2.05) is 13.0 Å². The van der Waals surface area contributed by atoms with Gasteiger partial charge >= 0.3 is 0 Å². The number of nitrogens with zero attached hydrogens (tertiary/aromatic N) is 1. The zero-order valence-electron chi connectivity index (χ0n) is 12.8. The highest BCUT2D eigenvalue weighted by Gasteiger charge is 2.24. The molecule has 0 aliphatic carbocycles. The maximum Gasteiger partial charge on any atom is 0.241 e. The molecule has 0 saturated carbocycles. The van der Waals surface area contributed by atoms with Crippen molar-refractivity contribution >= 4 is 11.6 Å². The van der Waals surface area contributed by atoms with Crippen molar-refractivity contribution < 1.29 is 13.9 Å². The molecule has 1 fully saturated rings. The van der Waals surface area contributed by atoms with Crippen LogP contribution in [0.3, 0.4) is 0 Å². The SMILES string of the molecule is CC(C(=O)Nc1ccc2c(c1F)CCNC2)N1CCOCC1. The van der Waals surface area contributed by atoms with E-state index in [0.29, 0.717) is 26.2 Å². The minimum Gasteiger partial charge on any atom is -0.379 e. The summed E-state index contributed by atoms with van der Waals surface area (Å²) in [7, 11) is 0. The fourth-order valence-corrected chi connectivity index (χ4v) is 3.00. The van der Waals surface area contributed by atoms with Crippen LogP contribution >= 0.6 is 0 Å². The van der Waals surface area contributed by atoms with Crippen molar-refractivity contribution in [2.24, 2.45) is 0 Å². The van der Waals surface area contributed by atoms with Gasteiger partial charge in [0.2, 0.25) is 5.91 Å². The number of carbonyl (C=O) groups is 1. The average molecular weight is 307 g/mol. The molecule has 2 N–H and O–H groups in total. The summed E-state index contributed by atoms with van der Waals surface area (Å²) in [4.78, 5) is 14.4. The van der Waals surface area contributed by atoms with Gasteiger partial charge in [0.25, 0.3) is 0 Å². The monoisotopic (exact) mass is 307 g/mol. The predicted octanol–water partition coefficient (Wildman–Crippen LogP) is 1.13. The molecule has 2 aliphatic heterocycles. The van der Waals surface area contributed by atoms with Crippen molar-refractivity contribution in [1.82, 2.24) is 10.2 Å². The van der Waals surface area contributed by atoms with Crippen LogP contribution in [0.5, 0.6) is 0 Å². The Hall–Kier alpha value is -1.50. The molecule has 0 spiro atoms. The number of anilines is 1. The molecule has 1 unspecified atom stereocenters. The van der Waals surface area contributed by atoms with E-state index >= 15 is 0 Å². The molecule has 1 atom stereocenters. The molecule has 5 nitrogen and oxygen atoms in total. The number of amides is 1. The van der Waals surface area contributed by atoms with Crippen LogP contribution in [0, 0.1) is 5.82 Å². The largest absolute Gasteiger partial charge is 0.379 e. The highest BCUT2D eigenvalue weighted by atomic mass is 19.1. The zero-order valence-corrected chi connectivity index (χ0v) is 12.8. The number of carbonyl (C=O) groups excluding carboxylic acids is 1. The molecule has 0 aromatic heterocycles. The number of rotatable bonds is 3. The van der Waals surface area contributed by atoms with Gasteiger partial charge in [0.1, 0.15) is 5.82 Å². The van der Waals surface area contributed by atoms with Crippen LogP contribution in [0.15, 0.2) is 12.1 Å². The fraction of sp³-hybridized carbons (Fsp3) is 0.562. The Morgan fingerprint density at radius 2 is 2.18 bits per heavy atom. The van der Waals surface area contributed by atoms with Crippen molar-refractivity contribution in [2.75, 3.05) is 38.2 Å². The Labute approximate surface area is 129 Å². The number of benzene rings is 1. The van der Waals surface area contributed by atoms with Crippen LogP contribution in [-0.2, 0) is 22.5 Å². The summed E-state index contributed by atoms with van der Waals surface area (Å²) in [5.41, 5.74) is 1.98. The summed E-state index contributed by atoms with van der Waals surface area (Å²) in [5, 5.41) is 5.96. The molecule has 1 saturated heterocycles. The fourth-order valence-electron chi connectivity index (χ4n) is 3.00. The summed E-state index contributed by atoms with van der Waals surface area (Å²) >= 11 is 0. The van der Waals surface area contributed by atoms with E-state index in [2.05, 4.69) is 15.5 Å². The second kappa shape index (κ2) is 6.73. The average Bonchev–Trinajstić information content (AvgIpc) is 2.57. The van der Waals surface area contributed by atoms with Crippen LogP contribution in [0.1, 0.15) is 18.1 Å². The predicted molar refractivity (Wildman–Crippen MR) is 82.3 cm³/mol. The zero-order chi connectivity index (χ0) is 15.5. The van der Waals surface area contributed by atoms with Gasteiger partial charge in [-0.05, 0) is 37.1 Å². The molecule has 1 amide bonds. The van der Waals surface area contributed by atoms with E-state index in [1.165, 1.54) is 0 Å². The smallest absolute Gasteiger partial charge is 0.241 e. The van der Waals surface area contributed by atoms with Gasteiger partial charge in [0.05, 0.1) is 24.9 Å². The van der Waals surface area contributed by atoms with Crippen LogP contribution in [0.2, 0.25) is 0 Å². The first-order valence-electron chi connectivity index (χ1n) is 7.80. The second-order valence-corrected chi connectivity index (χ2v) is 5.81. The highest BCUT2D eigenvalue weighted by Crippen LogP contribution is 2.24. The van der Waals surface area contributed by atoms with E-state index in [1.54, 1.807) is 6.07 Å². The van der Waals surface area contributed by atoms with E-state index < -0.39 is 0 Å². The molecular weight excluding hydrogens is 285 g/mol. The summed E-state index contributed by atoms with van der Waals surface area (Å²) in [6.07, 6.45) is 0.657. The molecule has 120 valence electrons. The number of nitrogens with one attached hydrogen (secondary N) is 2. The van der Waals surface area contributed by atoms with Gasteiger partial charge in [-0.3, -0.25) is 9.69 Å². The minimum absolute atomic E-state index is 0.172. The Balaban J connectivity index is 1.71. The van der Waals surface area contributed by atoms with Gasteiger partial charge in [-0.2, -0.15) is 0 Å². The first kappa shape index (κ1) is 15.4. The summed E-state index contributed by atoms with van der Waals surface area (Å²) in [5.74, 6) is -0.462. The Morgan fingerprint density at radius 1 is 1.41 bits per heavy atom. The highest BCUT2D eigenvalue weighted by molar-refractivity contribution is 5.94. The lowest BCUT2D eigenvalue weighted by Crippen LogP contribution is -2.47. The van der Waals surface area contributed by atoms with Gasteiger partial charge < -0.3 is 15.4 Å². The molecule has 1 aromatic rings. The first-order chi connectivity index (χ1) is 10.7. The third kappa shape index (κ3) is 3.14. The Kier molecular flexibility index (Phi) is 4.71. The lowest BCUT2D eigenvalue weighted by Gasteiger charge is -2.31. The third-order valence-corrected chi connectivity index (χ3v) is 4.44. The molecule has 2 heterocycles. The van der Waals surface area contributed by atoms with Gasteiger partial charge in [0, 0.05) is 19.6 Å². The standard InChI is InChI=1S/C16H22FN3O2/c1-11(20-6-8-22-9-7-20)16(21)19-14-3-2-12-10-18-5-4-13(12)15(14)17/h2-3,11,18H,4-10H2,1H3,(H,19,21). The second-order valence-electron chi connectivity index (χ2n) is 5.81. The maximum absolute atomic E-state index is 14.5. The van der Waals surface area contributed by atoms with Crippen LogP contribution in [0.4, 0.5) is 10.1 Å². The van der Waals surface area contributed by atoms with Gasteiger partial charge in [-0.1, -0.05) is 6.07 Å². The number of hydrogen-bond acceptors (Lipinski definition) is 4. The summed E-state index contributed by atoms with van der Waals surface area (Å²) in [6, 6.07) is 3.26. The molecule has 3 rings (SSSR count). The van der Waals surface area contributed by atoms with Crippen LogP contribution in [-0.4, -0.2) is 49.7 Å². The third-order valence-electron chi connectivity index (χ3n) is 4.44. The first-order valence-corrected chi connectivity index (χ1v) is 7.80. The Bertz CT molecular complexity index is 559. The van der Waals surface area contributed by atoms with E-state index in [4.69, 9.17) is 4.74 Å². The van der Waals surface area contributed by atoms with Crippen molar-refractivity contribution in [2.45, 2.75) is 25.9 Å². The van der Waals surface area contributed by atoms with Crippen molar-refractivity contribution in [1.29, 1.82) is 0 Å².